The number of methoxy groups -OCH3 is 1. The van der Waals surface area contributed by atoms with Gasteiger partial charge in [-0.2, -0.15) is 14.0 Å². The van der Waals surface area contributed by atoms with Crippen LogP contribution in [-0.2, 0) is 6.54 Å². The summed E-state index contributed by atoms with van der Waals surface area (Å²) in [4.78, 5) is 28.6. The number of hydrogen-bond donors (Lipinski definition) is 1. The molecule has 2 aliphatic rings. The molecule has 36 heavy (non-hydrogen) atoms. The predicted octanol–water partition coefficient (Wildman–Crippen LogP) is 3.93. The Kier molecular flexibility index (Phi) is 7.65. The fourth-order valence-electron chi connectivity index (χ4n) is 5.13. The summed E-state index contributed by atoms with van der Waals surface area (Å²) >= 11 is 0. The zero-order chi connectivity index (χ0) is 25.8. The highest BCUT2D eigenvalue weighted by Gasteiger charge is 2.38. The van der Waals surface area contributed by atoms with Crippen molar-refractivity contribution in [1.29, 1.82) is 5.26 Å². The van der Waals surface area contributed by atoms with Crippen LogP contribution < -0.4 is 15.6 Å². The lowest BCUT2D eigenvalue weighted by Gasteiger charge is -2.37. The maximum absolute atomic E-state index is 13.6. The number of piperidine rings is 1. The van der Waals surface area contributed by atoms with Gasteiger partial charge >= 0.3 is 0 Å². The summed E-state index contributed by atoms with van der Waals surface area (Å²) in [6, 6.07) is 10.7. The first-order valence-corrected chi connectivity index (χ1v) is 11.9. The molecule has 1 fully saturated rings. The van der Waals surface area contributed by atoms with E-state index in [0.29, 0.717) is 41.2 Å². The topological polar surface area (TPSA) is 87.4 Å². The van der Waals surface area contributed by atoms with Crippen LogP contribution in [0.15, 0.2) is 59.2 Å². The van der Waals surface area contributed by atoms with Gasteiger partial charge in [-0.05, 0) is 50.6 Å². The largest absolute Gasteiger partial charge is 0.497 e. The van der Waals surface area contributed by atoms with Crippen molar-refractivity contribution in [2.45, 2.75) is 37.8 Å². The SMILES string of the molecule is CN[C@H]1CCCN(C2=C(C#N)c3ccn(CC(=O)c4cccc(OC)c4)c(=O)c3C2CC=C(F)F)C1. The van der Waals surface area contributed by atoms with E-state index < -0.39 is 17.6 Å². The van der Waals surface area contributed by atoms with Crippen molar-refractivity contribution in [3.63, 3.8) is 0 Å². The summed E-state index contributed by atoms with van der Waals surface area (Å²) in [6.45, 7) is 1.07. The van der Waals surface area contributed by atoms with Crippen molar-refractivity contribution in [1.82, 2.24) is 14.8 Å². The lowest BCUT2D eigenvalue weighted by molar-refractivity contribution is 0.0970. The predicted molar refractivity (Wildman–Crippen MR) is 132 cm³/mol. The minimum Gasteiger partial charge on any atom is -0.497 e. The van der Waals surface area contributed by atoms with E-state index in [1.807, 2.05) is 11.9 Å². The molecule has 7 nitrogen and oxygen atoms in total. The van der Waals surface area contributed by atoms with E-state index in [9.17, 15) is 23.6 Å². The smallest absolute Gasteiger partial charge is 0.266 e. The molecule has 1 unspecified atom stereocenters. The van der Waals surface area contributed by atoms with Gasteiger partial charge in [0.2, 0.25) is 0 Å². The summed E-state index contributed by atoms with van der Waals surface area (Å²) in [6.07, 6.45) is 2.19. The van der Waals surface area contributed by atoms with Crippen molar-refractivity contribution >= 4 is 11.4 Å². The van der Waals surface area contributed by atoms with E-state index in [2.05, 4.69) is 11.4 Å². The third kappa shape index (κ3) is 4.95. The number of likely N-dealkylation sites (tertiary alicyclic amines) is 1. The fourth-order valence-corrected chi connectivity index (χ4v) is 5.13. The molecule has 1 N–H and O–H groups in total. The molecule has 9 heteroatoms. The van der Waals surface area contributed by atoms with Gasteiger partial charge in [0.25, 0.3) is 11.6 Å². The van der Waals surface area contributed by atoms with Crippen LogP contribution >= 0.6 is 0 Å². The Morgan fingerprint density at radius 3 is 2.83 bits per heavy atom. The van der Waals surface area contributed by atoms with E-state index in [1.54, 1.807) is 30.3 Å². The van der Waals surface area contributed by atoms with Crippen LogP contribution in [0.5, 0.6) is 5.75 Å². The minimum absolute atomic E-state index is 0.111. The number of carbonyl (C=O) groups is 1. The number of halogens is 2. The van der Waals surface area contributed by atoms with E-state index in [1.165, 1.54) is 17.9 Å². The molecule has 188 valence electrons. The Morgan fingerprint density at radius 1 is 1.33 bits per heavy atom. The fraction of sp³-hybridized carbons (Fsp3) is 0.370. The zero-order valence-corrected chi connectivity index (χ0v) is 20.3. The van der Waals surface area contributed by atoms with Crippen LogP contribution in [0.4, 0.5) is 8.78 Å². The maximum Gasteiger partial charge on any atom is 0.266 e. The number of ketones is 1. The Labute approximate surface area is 208 Å². The monoisotopic (exact) mass is 494 g/mol. The molecule has 1 aromatic carbocycles. The number of rotatable bonds is 8. The minimum atomic E-state index is -1.84. The van der Waals surface area contributed by atoms with Crippen LogP contribution in [0.25, 0.3) is 5.57 Å². The Bertz CT molecular complexity index is 1320. The number of nitrogens with one attached hydrogen (secondary N) is 1. The van der Waals surface area contributed by atoms with E-state index >= 15 is 0 Å². The molecule has 1 saturated heterocycles. The number of ether oxygens (including phenoxy) is 1. The van der Waals surface area contributed by atoms with E-state index in [4.69, 9.17) is 4.74 Å². The number of likely N-dealkylation sites (N-methyl/N-ethyl adjacent to an activating group) is 1. The van der Waals surface area contributed by atoms with Crippen LogP contribution in [-0.4, -0.2) is 48.5 Å². The van der Waals surface area contributed by atoms with Crippen LogP contribution in [0, 0.1) is 11.3 Å². The van der Waals surface area contributed by atoms with Crippen LogP contribution in [0.2, 0.25) is 0 Å². The highest BCUT2D eigenvalue weighted by molar-refractivity contribution is 5.96. The molecule has 0 saturated carbocycles. The number of nitriles is 1. The lowest BCUT2D eigenvalue weighted by Crippen LogP contribution is -2.44. The number of nitrogens with zero attached hydrogens (tertiary/aromatic N) is 3. The Balaban J connectivity index is 1.74. The average molecular weight is 495 g/mol. The summed E-state index contributed by atoms with van der Waals surface area (Å²) in [7, 11) is 3.37. The van der Waals surface area contributed by atoms with Crippen molar-refractivity contribution in [2.24, 2.45) is 0 Å². The van der Waals surface area contributed by atoms with Gasteiger partial charge in [-0.25, -0.2) is 0 Å². The second kappa shape index (κ2) is 10.9. The molecule has 1 aliphatic heterocycles. The first kappa shape index (κ1) is 25.3. The summed E-state index contributed by atoms with van der Waals surface area (Å²) in [5, 5.41) is 13.3. The summed E-state index contributed by atoms with van der Waals surface area (Å²) in [5.74, 6) is -0.462. The molecular formula is C27H28F2N4O3. The molecule has 0 spiro atoms. The molecule has 2 heterocycles. The van der Waals surface area contributed by atoms with Gasteiger partial charge in [0.15, 0.2) is 5.78 Å². The average Bonchev–Trinajstić information content (AvgIpc) is 3.23. The zero-order valence-electron chi connectivity index (χ0n) is 20.3. The molecule has 1 aromatic heterocycles. The summed E-state index contributed by atoms with van der Waals surface area (Å²) in [5.41, 5.74) is 1.62. The Hall–Kier alpha value is -3.77. The number of hydrogen-bond acceptors (Lipinski definition) is 6. The highest BCUT2D eigenvalue weighted by Crippen LogP contribution is 2.44. The van der Waals surface area contributed by atoms with Crippen LogP contribution in [0.3, 0.4) is 0 Å². The molecule has 0 bridgehead atoms. The number of aromatic nitrogens is 1. The van der Waals surface area contributed by atoms with Crippen molar-refractivity contribution in [3.05, 3.63) is 81.4 Å². The number of Topliss-reactive ketones (excluding diaryl/α,β-unsaturated/α-hetero) is 1. The highest BCUT2D eigenvalue weighted by atomic mass is 19.3. The third-order valence-electron chi connectivity index (χ3n) is 6.90. The van der Waals surface area contributed by atoms with Gasteiger partial charge in [0.05, 0.1) is 19.2 Å². The number of carbonyl (C=O) groups excluding carboxylic acids is 1. The van der Waals surface area contributed by atoms with Gasteiger partial charge in [-0.3, -0.25) is 9.59 Å². The first-order chi connectivity index (χ1) is 17.4. The van der Waals surface area contributed by atoms with Gasteiger partial charge in [-0.15, -0.1) is 0 Å². The van der Waals surface area contributed by atoms with E-state index in [0.717, 1.165) is 18.9 Å². The van der Waals surface area contributed by atoms with Gasteiger partial charge in [0.1, 0.15) is 11.8 Å². The normalized spacial score (nSPS) is 19.0. The van der Waals surface area contributed by atoms with E-state index in [-0.39, 0.29) is 30.4 Å². The molecule has 2 aromatic rings. The second-order valence-corrected chi connectivity index (χ2v) is 8.96. The van der Waals surface area contributed by atoms with Crippen molar-refractivity contribution in [3.8, 4) is 11.8 Å². The van der Waals surface area contributed by atoms with Crippen LogP contribution in [0.1, 0.15) is 46.7 Å². The molecule has 0 amide bonds. The van der Waals surface area contributed by atoms with Gasteiger partial charge in [-0.1, -0.05) is 12.1 Å². The van der Waals surface area contributed by atoms with Crippen molar-refractivity contribution in [2.75, 3.05) is 27.2 Å². The Morgan fingerprint density at radius 2 is 2.14 bits per heavy atom. The lowest BCUT2D eigenvalue weighted by atomic mass is 9.94. The number of allylic oxidation sites excluding steroid dienone is 3. The standard InChI is InChI=1S/C27H28F2N4O3/c1-31-18-6-4-11-32(15-18)26-21(8-9-24(28)29)25-20(22(26)14-30)10-12-33(27(25)35)16-23(34)17-5-3-7-19(13-17)36-2/h3,5,7,9-10,12-13,18,21,31H,4,6,8,11,15-16H2,1-2H3/t18-,21?/m0/s1. The van der Waals surface area contributed by atoms with Gasteiger partial charge in [0, 0.05) is 53.6 Å². The second-order valence-electron chi connectivity index (χ2n) is 8.96. The number of benzene rings is 1. The maximum atomic E-state index is 13.6. The third-order valence-corrected chi connectivity index (χ3v) is 6.90. The first-order valence-electron chi connectivity index (χ1n) is 11.9. The van der Waals surface area contributed by atoms with Gasteiger partial charge < -0.3 is 19.5 Å². The van der Waals surface area contributed by atoms with Crippen molar-refractivity contribution < 1.29 is 18.3 Å². The number of fused-ring (bicyclic) bond motifs is 1. The molecule has 1 aliphatic carbocycles. The quantitative estimate of drug-likeness (QED) is 0.560. The molecule has 0 radical (unpaired) electrons. The molecular weight excluding hydrogens is 466 g/mol. The molecule has 4 rings (SSSR count). The number of pyridine rings is 1. The molecule has 2 atom stereocenters. The summed E-state index contributed by atoms with van der Waals surface area (Å²) < 4.78 is 32.8.